The van der Waals surface area contributed by atoms with Crippen LogP contribution in [0.25, 0.3) is 16.9 Å². The van der Waals surface area contributed by atoms with Crippen molar-refractivity contribution in [3.05, 3.63) is 83.2 Å². The standard InChI is InChI=1S/C28H26F3N5O4/c1-17-22(18-8-10-20(40-2)11-9-18)33-25-21(16-32-36(25)24(17)28(29,30)31)26(37)35-14-12-34(13-15-35)23(27(38)39)19-6-4-3-5-7-19/h3-11,16,23H,12-15H2,1-2H3,(H,38,39)/t23-/m1/s1. The van der Waals surface area contributed by atoms with Crippen LogP contribution in [0.1, 0.15) is 33.2 Å². The molecule has 0 saturated carbocycles. The van der Waals surface area contributed by atoms with Crippen molar-refractivity contribution in [3.8, 4) is 17.0 Å². The van der Waals surface area contributed by atoms with Crippen molar-refractivity contribution in [2.75, 3.05) is 33.3 Å². The molecule has 0 unspecified atom stereocenters. The molecule has 1 amide bonds. The smallest absolute Gasteiger partial charge is 0.433 e. The molecule has 2 aromatic carbocycles. The van der Waals surface area contributed by atoms with Crippen LogP contribution in [0.3, 0.4) is 0 Å². The van der Waals surface area contributed by atoms with E-state index in [-0.39, 0.29) is 48.6 Å². The second kappa shape index (κ2) is 10.6. The molecule has 9 nitrogen and oxygen atoms in total. The van der Waals surface area contributed by atoms with Crippen molar-refractivity contribution in [3.63, 3.8) is 0 Å². The molecular weight excluding hydrogens is 527 g/mol. The van der Waals surface area contributed by atoms with E-state index in [0.29, 0.717) is 21.4 Å². The summed E-state index contributed by atoms with van der Waals surface area (Å²) in [5, 5.41) is 13.8. The van der Waals surface area contributed by atoms with E-state index in [0.717, 1.165) is 6.20 Å². The summed E-state index contributed by atoms with van der Waals surface area (Å²) in [6, 6.07) is 14.4. The first-order valence-corrected chi connectivity index (χ1v) is 12.5. The minimum absolute atomic E-state index is 0.0634. The Hall–Kier alpha value is -4.45. The number of carbonyl (C=O) groups excluding carboxylic acids is 1. The second-order valence-electron chi connectivity index (χ2n) is 9.43. The molecule has 0 aliphatic carbocycles. The highest BCUT2D eigenvalue weighted by atomic mass is 19.4. The lowest BCUT2D eigenvalue weighted by Crippen LogP contribution is -2.51. The Kier molecular flexibility index (Phi) is 7.19. The number of carbonyl (C=O) groups is 2. The summed E-state index contributed by atoms with van der Waals surface area (Å²) in [6.45, 7) is 2.25. The van der Waals surface area contributed by atoms with Gasteiger partial charge in [0, 0.05) is 37.3 Å². The molecule has 2 aromatic heterocycles. The number of amides is 1. The first kappa shape index (κ1) is 27.1. The lowest BCUT2D eigenvalue weighted by molar-refractivity contribution is -0.144. The molecular formula is C28H26F3N5O4. The van der Waals surface area contributed by atoms with Gasteiger partial charge in [-0.15, -0.1) is 0 Å². The third kappa shape index (κ3) is 4.97. The summed E-state index contributed by atoms with van der Waals surface area (Å²) >= 11 is 0. The third-order valence-corrected chi connectivity index (χ3v) is 7.06. The number of nitrogens with zero attached hydrogens (tertiary/aromatic N) is 5. The summed E-state index contributed by atoms with van der Waals surface area (Å²) in [5.74, 6) is -0.986. The zero-order chi connectivity index (χ0) is 28.6. The molecule has 1 fully saturated rings. The normalized spacial score (nSPS) is 15.3. The van der Waals surface area contributed by atoms with E-state index >= 15 is 0 Å². The van der Waals surface area contributed by atoms with Crippen LogP contribution in [0.15, 0.2) is 60.8 Å². The molecule has 0 radical (unpaired) electrons. The number of hydrogen-bond donors (Lipinski definition) is 1. The number of hydrogen-bond acceptors (Lipinski definition) is 6. The van der Waals surface area contributed by atoms with E-state index in [9.17, 15) is 27.9 Å². The predicted molar refractivity (Wildman–Crippen MR) is 139 cm³/mol. The molecule has 1 N–H and O–H groups in total. The SMILES string of the molecule is COc1ccc(-c2nc3c(C(=O)N4CCN([C@@H](C(=O)O)c5ccccc5)CC4)cnn3c(C(F)(F)F)c2C)cc1. The molecule has 208 valence electrons. The average molecular weight is 554 g/mol. The topological polar surface area (TPSA) is 100 Å². The number of carboxylic acids is 1. The van der Waals surface area contributed by atoms with Crippen molar-refractivity contribution in [2.24, 2.45) is 0 Å². The van der Waals surface area contributed by atoms with Crippen LogP contribution in [0.4, 0.5) is 13.2 Å². The zero-order valence-electron chi connectivity index (χ0n) is 21.7. The molecule has 1 aliphatic heterocycles. The number of carboxylic acid groups (broad SMARTS) is 1. The summed E-state index contributed by atoms with van der Waals surface area (Å²) < 4.78 is 48.5. The number of alkyl halides is 3. The summed E-state index contributed by atoms with van der Waals surface area (Å²) in [6.07, 6.45) is -3.65. The number of rotatable bonds is 6. The maximum atomic E-state index is 14.2. The van der Waals surface area contributed by atoms with Gasteiger partial charge in [-0.05, 0) is 36.8 Å². The van der Waals surface area contributed by atoms with Gasteiger partial charge in [0.05, 0.1) is 19.0 Å². The Morgan fingerprint density at radius 3 is 2.23 bits per heavy atom. The van der Waals surface area contributed by atoms with Crippen molar-refractivity contribution < 1.29 is 32.6 Å². The third-order valence-electron chi connectivity index (χ3n) is 7.06. The number of benzene rings is 2. The highest BCUT2D eigenvalue weighted by molar-refractivity contribution is 6.00. The number of fused-ring (bicyclic) bond motifs is 1. The maximum Gasteiger partial charge on any atom is 0.433 e. The van der Waals surface area contributed by atoms with E-state index in [4.69, 9.17) is 4.74 Å². The Morgan fingerprint density at radius 2 is 1.65 bits per heavy atom. The van der Waals surface area contributed by atoms with E-state index in [2.05, 4.69) is 10.1 Å². The van der Waals surface area contributed by atoms with Gasteiger partial charge in [0.2, 0.25) is 0 Å². The lowest BCUT2D eigenvalue weighted by Gasteiger charge is -2.37. The first-order chi connectivity index (χ1) is 19.1. The molecule has 0 bridgehead atoms. The van der Waals surface area contributed by atoms with Crippen molar-refractivity contribution in [2.45, 2.75) is 19.1 Å². The summed E-state index contributed by atoms with van der Waals surface area (Å²) in [5.41, 5.74) is -0.270. The Bertz CT molecular complexity index is 1550. The Balaban J connectivity index is 1.47. The highest BCUT2D eigenvalue weighted by Gasteiger charge is 2.39. The van der Waals surface area contributed by atoms with Crippen LogP contribution in [0, 0.1) is 6.92 Å². The van der Waals surface area contributed by atoms with Gasteiger partial charge in [-0.1, -0.05) is 30.3 Å². The quantitative estimate of drug-likeness (QED) is 0.380. The van der Waals surface area contributed by atoms with Crippen LogP contribution in [0.5, 0.6) is 5.75 Å². The van der Waals surface area contributed by atoms with Crippen molar-refractivity contribution in [1.29, 1.82) is 0 Å². The van der Waals surface area contributed by atoms with Crippen molar-refractivity contribution >= 4 is 17.5 Å². The Morgan fingerprint density at radius 1 is 1.00 bits per heavy atom. The van der Waals surface area contributed by atoms with Gasteiger partial charge in [0.1, 0.15) is 17.4 Å². The lowest BCUT2D eigenvalue weighted by atomic mass is 10.0. The first-order valence-electron chi connectivity index (χ1n) is 12.5. The molecule has 0 spiro atoms. The number of piperazine rings is 1. The van der Waals surface area contributed by atoms with Crippen molar-refractivity contribution in [1.82, 2.24) is 24.4 Å². The monoisotopic (exact) mass is 553 g/mol. The van der Waals surface area contributed by atoms with E-state index in [1.165, 1.54) is 18.9 Å². The minimum atomic E-state index is -4.76. The number of halogens is 3. The number of ether oxygens (including phenoxy) is 1. The highest BCUT2D eigenvalue weighted by Crippen LogP contribution is 2.37. The number of aromatic nitrogens is 3. The fourth-order valence-electron chi connectivity index (χ4n) is 5.09. The molecule has 40 heavy (non-hydrogen) atoms. The molecule has 3 heterocycles. The van der Waals surface area contributed by atoms with E-state index in [1.807, 2.05) is 0 Å². The molecule has 4 aromatic rings. The van der Waals surface area contributed by atoms with Gasteiger partial charge in [0.15, 0.2) is 11.3 Å². The summed E-state index contributed by atoms with van der Waals surface area (Å²) in [7, 11) is 1.49. The molecule has 1 aliphatic rings. The fraction of sp³-hybridized carbons (Fsp3) is 0.286. The van der Waals surface area contributed by atoms with Gasteiger partial charge in [-0.25, -0.2) is 9.50 Å². The number of aliphatic carboxylic acids is 1. The Labute approximate surface area is 227 Å². The van der Waals surface area contributed by atoms with E-state index in [1.54, 1.807) is 59.5 Å². The molecule has 1 saturated heterocycles. The predicted octanol–water partition coefficient (Wildman–Crippen LogP) is 4.32. The molecule has 1 atom stereocenters. The van der Waals surface area contributed by atoms with E-state index < -0.39 is 29.8 Å². The molecule has 12 heteroatoms. The average Bonchev–Trinajstić information content (AvgIpc) is 3.35. The summed E-state index contributed by atoms with van der Waals surface area (Å²) in [4.78, 5) is 33.3. The van der Waals surface area contributed by atoms with Crippen LogP contribution >= 0.6 is 0 Å². The molecule has 5 rings (SSSR count). The maximum absolute atomic E-state index is 14.2. The van der Waals surface area contributed by atoms with Gasteiger partial charge in [-0.2, -0.15) is 18.3 Å². The zero-order valence-corrected chi connectivity index (χ0v) is 21.7. The van der Waals surface area contributed by atoms with Crippen LogP contribution in [0.2, 0.25) is 0 Å². The van der Waals surface area contributed by atoms with Gasteiger partial charge < -0.3 is 14.7 Å². The fourth-order valence-corrected chi connectivity index (χ4v) is 5.09. The van der Waals surface area contributed by atoms with Gasteiger partial charge >= 0.3 is 12.1 Å². The largest absolute Gasteiger partial charge is 0.497 e. The van der Waals surface area contributed by atoms with Gasteiger partial charge in [-0.3, -0.25) is 14.5 Å². The minimum Gasteiger partial charge on any atom is -0.497 e. The number of methoxy groups -OCH3 is 1. The van der Waals surface area contributed by atoms with Crippen LogP contribution in [-0.2, 0) is 11.0 Å². The second-order valence-corrected chi connectivity index (χ2v) is 9.43. The van der Waals surface area contributed by atoms with Crippen LogP contribution in [-0.4, -0.2) is 74.7 Å². The van der Waals surface area contributed by atoms with Gasteiger partial charge in [0.25, 0.3) is 5.91 Å². The van der Waals surface area contributed by atoms with Crippen LogP contribution < -0.4 is 4.74 Å².